The lowest BCUT2D eigenvalue weighted by molar-refractivity contribution is -0.150. The van der Waals surface area contributed by atoms with Crippen LogP contribution in [0.15, 0.2) is 49.2 Å². The number of aromatic amines is 1. The third kappa shape index (κ3) is 5.11. The van der Waals surface area contributed by atoms with E-state index >= 15 is 0 Å². The van der Waals surface area contributed by atoms with Gasteiger partial charge in [-0.25, -0.2) is 4.98 Å². The number of nitrogens with one attached hydrogen (secondary N) is 2. The van der Waals surface area contributed by atoms with E-state index in [2.05, 4.69) is 39.4 Å². The maximum Gasteiger partial charge on any atom is 0.246 e. The third-order valence-electron chi connectivity index (χ3n) is 6.85. The van der Waals surface area contributed by atoms with E-state index in [1.165, 1.54) is 10.9 Å². The number of nitrogens with zero attached hydrogens (tertiary/aromatic N) is 4. The zero-order valence-electron chi connectivity index (χ0n) is 19.6. The Labute approximate surface area is 195 Å². The molecule has 0 spiro atoms. The van der Waals surface area contributed by atoms with Crippen LogP contribution in [0.1, 0.15) is 31.7 Å². The van der Waals surface area contributed by atoms with Gasteiger partial charge < -0.3 is 24.7 Å². The van der Waals surface area contributed by atoms with Crippen LogP contribution in [-0.2, 0) is 22.6 Å². The molecule has 1 aromatic carbocycles. The minimum absolute atomic E-state index is 0.0321. The van der Waals surface area contributed by atoms with Crippen LogP contribution in [0.4, 0.5) is 0 Å². The van der Waals surface area contributed by atoms with Gasteiger partial charge in [-0.05, 0) is 44.4 Å². The largest absolute Gasteiger partial charge is 0.361 e. The summed E-state index contributed by atoms with van der Waals surface area (Å²) in [7, 11) is 2.07. The van der Waals surface area contributed by atoms with Crippen LogP contribution in [0.25, 0.3) is 10.9 Å². The number of carbonyl (C=O) groups excluding carboxylic acids is 2. The first-order valence-electron chi connectivity index (χ1n) is 11.8. The van der Waals surface area contributed by atoms with Crippen molar-refractivity contribution in [2.24, 2.45) is 0 Å². The SMILES string of the molecule is CC(=O)N(CCc1c[nH]c2ccccc12)C1(C(=O)NCCCn2ccnc2)CCN(C)CC1. The average molecular weight is 451 g/mol. The summed E-state index contributed by atoms with van der Waals surface area (Å²) < 4.78 is 2.00. The summed E-state index contributed by atoms with van der Waals surface area (Å²) in [4.78, 5) is 37.8. The van der Waals surface area contributed by atoms with Crippen molar-refractivity contribution in [2.75, 3.05) is 33.2 Å². The zero-order chi connectivity index (χ0) is 23.3. The number of aromatic nitrogens is 3. The maximum atomic E-state index is 13.6. The molecule has 176 valence electrons. The highest BCUT2D eigenvalue weighted by molar-refractivity contribution is 5.91. The molecule has 8 heteroatoms. The number of hydrogen-bond donors (Lipinski definition) is 2. The Morgan fingerprint density at radius 3 is 2.76 bits per heavy atom. The number of piperidine rings is 1. The molecule has 1 saturated heterocycles. The predicted molar refractivity (Wildman–Crippen MR) is 129 cm³/mol. The number of para-hydroxylation sites is 1. The monoisotopic (exact) mass is 450 g/mol. The van der Waals surface area contributed by atoms with Gasteiger partial charge in [0.05, 0.1) is 6.33 Å². The first-order valence-corrected chi connectivity index (χ1v) is 11.8. The lowest BCUT2D eigenvalue weighted by atomic mass is 9.84. The van der Waals surface area contributed by atoms with Gasteiger partial charge in [0.1, 0.15) is 5.54 Å². The van der Waals surface area contributed by atoms with Crippen molar-refractivity contribution in [3.05, 3.63) is 54.7 Å². The van der Waals surface area contributed by atoms with Gasteiger partial charge in [0, 0.05) is 69.1 Å². The molecule has 0 saturated carbocycles. The van der Waals surface area contributed by atoms with Gasteiger partial charge in [-0.15, -0.1) is 0 Å². The Kier molecular flexibility index (Phi) is 7.13. The van der Waals surface area contributed by atoms with Crippen LogP contribution in [-0.4, -0.2) is 74.9 Å². The molecule has 1 aliphatic heterocycles. The quantitative estimate of drug-likeness (QED) is 0.490. The Hall–Kier alpha value is -3.13. The molecule has 33 heavy (non-hydrogen) atoms. The number of amides is 2. The first kappa shape index (κ1) is 23.0. The molecule has 0 radical (unpaired) electrons. The van der Waals surface area contributed by atoms with E-state index in [1.807, 2.05) is 34.0 Å². The zero-order valence-corrected chi connectivity index (χ0v) is 19.6. The van der Waals surface area contributed by atoms with Gasteiger partial charge in [-0.2, -0.15) is 0 Å². The summed E-state index contributed by atoms with van der Waals surface area (Å²) in [6.45, 7) is 5.05. The molecule has 3 aromatic rings. The molecular formula is C25H34N6O2. The third-order valence-corrected chi connectivity index (χ3v) is 6.85. The van der Waals surface area contributed by atoms with Gasteiger partial charge in [-0.3, -0.25) is 9.59 Å². The molecule has 0 aliphatic carbocycles. The van der Waals surface area contributed by atoms with Gasteiger partial charge >= 0.3 is 0 Å². The number of rotatable bonds is 9. The standard InChI is InChI=1S/C25H34N6O2/c1-20(32)31(14-8-21-18-28-23-7-4-3-6-22(21)23)25(9-15-29(2)16-10-25)24(33)27-11-5-13-30-17-12-26-19-30/h3-4,6-7,12,17-19,28H,5,8-11,13-16H2,1-2H3,(H,27,33). The highest BCUT2D eigenvalue weighted by atomic mass is 16.2. The van der Waals surface area contributed by atoms with Gasteiger partial charge in [-0.1, -0.05) is 18.2 Å². The van der Waals surface area contributed by atoms with E-state index in [1.54, 1.807) is 19.4 Å². The van der Waals surface area contributed by atoms with Gasteiger partial charge in [0.15, 0.2) is 0 Å². The van der Waals surface area contributed by atoms with E-state index in [0.717, 1.165) is 31.6 Å². The van der Waals surface area contributed by atoms with Crippen molar-refractivity contribution in [1.29, 1.82) is 0 Å². The van der Waals surface area contributed by atoms with Crippen molar-refractivity contribution in [2.45, 2.75) is 44.7 Å². The molecule has 0 unspecified atom stereocenters. The molecule has 2 N–H and O–H groups in total. The van der Waals surface area contributed by atoms with E-state index in [4.69, 9.17) is 0 Å². The highest BCUT2D eigenvalue weighted by Crippen LogP contribution is 2.30. The molecule has 3 heterocycles. The molecule has 1 aliphatic rings. The Morgan fingerprint density at radius 1 is 1.24 bits per heavy atom. The molecule has 0 atom stereocenters. The molecule has 2 amide bonds. The molecule has 4 rings (SSSR count). The number of imidazole rings is 1. The fraction of sp³-hybridized carbons (Fsp3) is 0.480. The minimum Gasteiger partial charge on any atom is -0.361 e. The van der Waals surface area contributed by atoms with Crippen LogP contribution in [0.5, 0.6) is 0 Å². The van der Waals surface area contributed by atoms with Gasteiger partial charge in [0.25, 0.3) is 0 Å². The van der Waals surface area contributed by atoms with Crippen LogP contribution in [0.2, 0.25) is 0 Å². The molecule has 8 nitrogen and oxygen atoms in total. The number of hydrogen-bond acceptors (Lipinski definition) is 4. The summed E-state index contributed by atoms with van der Waals surface area (Å²) in [6.07, 6.45) is 10.3. The lowest BCUT2D eigenvalue weighted by Gasteiger charge is -2.46. The predicted octanol–water partition coefficient (Wildman–Crippen LogP) is 2.43. The number of carbonyl (C=O) groups is 2. The number of likely N-dealkylation sites (tertiary alicyclic amines) is 1. The summed E-state index contributed by atoms with van der Waals surface area (Å²) in [5.74, 6) is -0.0803. The number of benzene rings is 1. The summed E-state index contributed by atoms with van der Waals surface area (Å²) in [5, 5.41) is 4.31. The Bertz CT molecular complexity index is 1070. The van der Waals surface area contributed by atoms with E-state index < -0.39 is 5.54 Å². The smallest absolute Gasteiger partial charge is 0.246 e. The van der Waals surface area contributed by atoms with E-state index in [0.29, 0.717) is 32.4 Å². The van der Waals surface area contributed by atoms with E-state index in [9.17, 15) is 9.59 Å². The van der Waals surface area contributed by atoms with Crippen molar-refractivity contribution < 1.29 is 9.59 Å². The minimum atomic E-state index is -0.806. The van der Waals surface area contributed by atoms with Crippen molar-refractivity contribution in [3.8, 4) is 0 Å². The lowest BCUT2D eigenvalue weighted by Crippen LogP contribution is -2.64. The number of fused-ring (bicyclic) bond motifs is 1. The van der Waals surface area contributed by atoms with Crippen molar-refractivity contribution in [1.82, 2.24) is 29.7 Å². The normalized spacial score (nSPS) is 16.1. The average Bonchev–Trinajstić information content (AvgIpc) is 3.48. The number of aryl methyl sites for hydroxylation is 1. The number of H-pyrrole nitrogens is 1. The fourth-order valence-electron chi connectivity index (χ4n) is 4.90. The van der Waals surface area contributed by atoms with Gasteiger partial charge in [0.2, 0.25) is 11.8 Å². The van der Waals surface area contributed by atoms with Crippen LogP contribution >= 0.6 is 0 Å². The van der Waals surface area contributed by atoms with Crippen LogP contribution < -0.4 is 5.32 Å². The molecule has 1 fully saturated rings. The molecular weight excluding hydrogens is 416 g/mol. The van der Waals surface area contributed by atoms with Crippen molar-refractivity contribution in [3.63, 3.8) is 0 Å². The summed E-state index contributed by atoms with van der Waals surface area (Å²) in [5.41, 5.74) is 1.45. The second-order valence-electron chi connectivity index (χ2n) is 9.02. The van der Waals surface area contributed by atoms with Crippen LogP contribution in [0.3, 0.4) is 0 Å². The maximum absolute atomic E-state index is 13.6. The van der Waals surface area contributed by atoms with Crippen LogP contribution in [0, 0.1) is 0 Å². The Balaban J connectivity index is 1.47. The second kappa shape index (κ2) is 10.2. The first-order chi connectivity index (χ1) is 16.0. The van der Waals surface area contributed by atoms with E-state index in [-0.39, 0.29) is 11.8 Å². The molecule has 2 aromatic heterocycles. The second-order valence-corrected chi connectivity index (χ2v) is 9.02. The summed E-state index contributed by atoms with van der Waals surface area (Å²) in [6, 6.07) is 8.18. The van der Waals surface area contributed by atoms with Crippen molar-refractivity contribution >= 4 is 22.7 Å². The Morgan fingerprint density at radius 2 is 2.03 bits per heavy atom. The summed E-state index contributed by atoms with van der Waals surface area (Å²) >= 11 is 0. The topological polar surface area (TPSA) is 86.3 Å². The molecule has 0 bridgehead atoms. The fourth-order valence-corrected chi connectivity index (χ4v) is 4.90. The highest BCUT2D eigenvalue weighted by Gasteiger charge is 2.46.